The Balaban J connectivity index is 1.86. The molecule has 1 saturated heterocycles. The van der Waals surface area contributed by atoms with Gasteiger partial charge in [-0.05, 0) is 55.2 Å². The van der Waals surface area contributed by atoms with E-state index in [9.17, 15) is 18.0 Å². The van der Waals surface area contributed by atoms with Crippen molar-refractivity contribution in [2.45, 2.75) is 38.8 Å². The molecule has 2 aromatic rings. The molecule has 6 heteroatoms. The number of rotatable bonds is 4. The monoisotopic (exact) mass is 363 g/mol. The highest BCUT2D eigenvalue weighted by atomic mass is 19.3. The van der Waals surface area contributed by atoms with Crippen LogP contribution in [0.3, 0.4) is 0 Å². The van der Waals surface area contributed by atoms with E-state index >= 15 is 0 Å². The minimum atomic E-state index is -3.30. The summed E-state index contributed by atoms with van der Waals surface area (Å²) in [4.78, 5) is 14.2. The van der Waals surface area contributed by atoms with E-state index in [0.29, 0.717) is 24.6 Å². The number of likely N-dealkylation sites (tertiary alicyclic amines) is 1. The molecule has 1 aliphatic heterocycles. The molecule has 3 nitrogen and oxygen atoms in total. The molecule has 1 amide bonds. The van der Waals surface area contributed by atoms with E-state index in [4.69, 9.17) is 0 Å². The Morgan fingerprint density at radius 3 is 2.54 bits per heavy atom. The summed E-state index contributed by atoms with van der Waals surface area (Å²) in [5.41, 5.74) is 1.03. The maximum absolute atomic E-state index is 14.5. The molecule has 1 aliphatic rings. The van der Waals surface area contributed by atoms with Crippen molar-refractivity contribution in [1.29, 1.82) is 0 Å². The molecule has 0 N–H and O–H groups in total. The lowest BCUT2D eigenvalue weighted by Crippen LogP contribution is -2.34. The molecule has 3 rings (SSSR count). The van der Waals surface area contributed by atoms with Gasteiger partial charge in [-0.25, -0.2) is 4.39 Å². The van der Waals surface area contributed by atoms with Crippen LogP contribution in [-0.2, 0) is 0 Å². The summed E-state index contributed by atoms with van der Waals surface area (Å²) in [6.45, 7) is 3.23. The van der Waals surface area contributed by atoms with Gasteiger partial charge in [0.05, 0.1) is 5.56 Å². The normalized spacial score (nSPS) is 17.4. The molecule has 1 atom stereocenters. The first kappa shape index (κ1) is 18.3. The van der Waals surface area contributed by atoms with Crippen LogP contribution < -0.4 is 4.74 Å². The summed E-state index contributed by atoms with van der Waals surface area (Å²) in [5.74, 6) is -0.957. The van der Waals surface area contributed by atoms with Gasteiger partial charge in [-0.3, -0.25) is 4.79 Å². The first-order chi connectivity index (χ1) is 12.2. The first-order valence-electron chi connectivity index (χ1n) is 8.52. The number of carbonyl (C=O) groups excluding carboxylic acids is 1. The van der Waals surface area contributed by atoms with Crippen LogP contribution in [0.4, 0.5) is 13.2 Å². The van der Waals surface area contributed by atoms with E-state index in [0.717, 1.165) is 12.8 Å². The fraction of sp³-hybridized carbons (Fsp3) is 0.350. The van der Waals surface area contributed by atoms with Crippen LogP contribution in [0.2, 0.25) is 0 Å². The van der Waals surface area contributed by atoms with Gasteiger partial charge in [0.25, 0.3) is 5.91 Å². The summed E-state index contributed by atoms with van der Waals surface area (Å²) in [7, 11) is 0. The third-order valence-electron chi connectivity index (χ3n) is 4.48. The number of nitrogens with zero attached hydrogens (tertiary/aromatic N) is 1. The van der Waals surface area contributed by atoms with Crippen LogP contribution in [-0.4, -0.2) is 29.5 Å². The van der Waals surface area contributed by atoms with Gasteiger partial charge in [0.1, 0.15) is 11.6 Å². The predicted octanol–water partition coefficient (Wildman–Crippen LogP) is 5.11. The molecule has 1 heterocycles. The van der Waals surface area contributed by atoms with Crippen molar-refractivity contribution in [3.05, 3.63) is 53.8 Å². The third kappa shape index (κ3) is 4.00. The highest BCUT2D eigenvalue weighted by molar-refractivity contribution is 5.95. The Hall–Kier alpha value is -2.50. The maximum Gasteiger partial charge on any atom is 0.394 e. The molecule has 26 heavy (non-hydrogen) atoms. The second kappa shape index (κ2) is 7.02. The van der Waals surface area contributed by atoms with E-state index in [1.807, 2.05) is 6.92 Å². The second-order valence-corrected chi connectivity index (χ2v) is 6.62. The van der Waals surface area contributed by atoms with Crippen molar-refractivity contribution in [3.8, 4) is 16.9 Å². The zero-order valence-corrected chi connectivity index (χ0v) is 14.6. The number of carbonyl (C=O) groups is 1. The molecule has 0 unspecified atom stereocenters. The molecule has 0 aliphatic carbocycles. The Bertz CT molecular complexity index is 817. The smallest absolute Gasteiger partial charge is 0.394 e. The Labute approximate surface area is 150 Å². The highest BCUT2D eigenvalue weighted by Gasteiger charge is 2.28. The minimum Gasteiger partial charge on any atom is -0.433 e. The number of ether oxygens (including phenoxy) is 1. The first-order valence-corrected chi connectivity index (χ1v) is 8.52. The summed E-state index contributed by atoms with van der Waals surface area (Å²) in [5, 5.41) is 0. The molecule has 0 saturated carbocycles. The number of hydrogen-bond donors (Lipinski definition) is 0. The van der Waals surface area contributed by atoms with Crippen molar-refractivity contribution >= 4 is 5.91 Å². The van der Waals surface area contributed by atoms with Crippen molar-refractivity contribution in [2.24, 2.45) is 0 Å². The van der Waals surface area contributed by atoms with Crippen LogP contribution in [0.5, 0.6) is 5.75 Å². The molecule has 1 fully saturated rings. The molecular formula is C20H20F3NO2. The Morgan fingerprint density at radius 2 is 1.92 bits per heavy atom. The van der Waals surface area contributed by atoms with Gasteiger partial charge in [-0.15, -0.1) is 0 Å². The Morgan fingerprint density at radius 1 is 1.19 bits per heavy atom. The van der Waals surface area contributed by atoms with Crippen LogP contribution in [0, 0.1) is 5.82 Å². The van der Waals surface area contributed by atoms with E-state index in [2.05, 4.69) is 4.74 Å². The van der Waals surface area contributed by atoms with Crippen LogP contribution in [0.1, 0.15) is 37.0 Å². The van der Waals surface area contributed by atoms with Gasteiger partial charge >= 0.3 is 6.11 Å². The lowest BCUT2D eigenvalue weighted by Gasteiger charge is -2.21. The van der Waals surface area contributed by atoms with Crippen molar-refractivity contribution < 1.29 is 22.7 Å². The number of benzene rings is 2. The average molecular weight is 363 g/mol. The average Bonchev–Trinajstić information content (AvgIpc) is 2.99. The van der Waals surface area contributed by atoms with Crippen LogP contribution in [0.25, 0.3) is 11.1 Å². The van der Waals surface area contributed by atoms with Crippen molar-refractivity contribution in [2.75, 3.05) is 6.54 Å². The number of alkyl halides is 2. The van der Waals surface area contributed by atoms with Gasteiger partial charge in [-0.2, -0.15) is 8.78 Å². The summed E-state index contributed by atoms with van der Waals surface area (Å²) < 4.78 is 45.1. The minimum absolute atomic E-state index is 0.0125. The maximum atomic E-state index is 14.5. The zero-order chi connectivity index (χ0) is 18.9. The zero-order valence-electron chi connectivity index (χ0n) is 14.6. The van der Waals surface area contributed by atoms with E-state index < -0.39 is 11.9 Å². The molecule has 0 spiro atoms. The van der Waals surface area contributed by atoms with Crippen LogP contribution in [0.15, 0.2) is 42.5 Å². The SMILES string of the molecule is C[C@@H]1CCCN1C(=O)c1ccc(-c2cccc(OC(C)(F)F)c2)cc1F. The fourth-order valence-electron chi connectivity index (χ4n) is 3.20. The van der Waals surface area contributed by atoms with Crippen molar-refractivity contribution in [3.63, 3.8) is 0 Å². The number of hydrogen-bond acceptors (Lipinski definition) is 2. The van der Waals surface area contributed by atoms with Gasteiger partial charge in [-0.1, -0.05) is 18.2 Å². The van der Waals surface area contributed by atoms with Crippen LogP contribution >= 0.6 is 0 Å². The molecule has 138 valence electrons. The lowest BCUT2D eigenvalue weighted by atomic mass is 10.0. The molecule has 0 bridgehead atoms. The van der Waals surface area contributed by atoms with Crippen molar-refractivity contribution in [1.82, 2.24) is 4.90 Å². The van der Waals surface area contributed by atoms with E-state index in [1.165, 1.54) is 24.3 Å². The third-order valence-corrected chi connectivity index (χ3v) is 4.48. The number of amides is 1. The standard InChI is InChI=1S/C20H20F3NO2/c1-13-5-4-10-24(13)19(25)17-9-8-15(12-18(17)21)14-6-3-7-16(11-14)26-20(2,22)23/h3,6-9,11-13H,4-5,10H2,1-2H3/t13-/m1/s1. The van der Waals surface area contributed by atoms with E-state index in [1.54, 1.807) is 23.1 Å². The summed E-state index contributed by atoms with van der Waals surface area (Å²) in [6, 6.07) is 10.4. The molecule has 0 radical (unpaired) electrons. The van der Waals surface area contributed by atoms with Gasteiger partial charge in [0.2, 0.25) is 0 Å². The van der Waals surface area contributed by atoms with Gasteiger partial charge in [0.15, 0.2) is 0 Å². The summed E-state index contributed by atoms with van der Waals surface area (Å²) in [6.07, 6.45) is -1.46. The van der Waals surface area contributed by atoms with Gasteiger partial charge < -0.3 is 9.64 Å². The predicted molar refractivity (Wildman–Crippen MR) is 92.8 cm³/mol. The summed E-state index contributed by atoms with van der Waals surface area (Å²) >= 11 is 0. The van der Waals surface area contributed by atoms with E-state index in [-0.39, 0.29) is 23.3 Å². The number of halogens is 3. The lowest BCUT2D eigenvalue weighted by molar-refractivity contribution is -0.158. The highest BCUT2D eigenvalue weighted by Crippen LogP contribution is 2.29. The quantitative estimate of drug-likeness (QED) is 0.756. The van der Waals surface area contributed by atoms with Gasteiger partial charge in [0, 0.05) is 19.5 Å². The largest absolute Gasteiger partial charge is 0.433 e. The molecular weight excluding hydrogens is 343 g/mol. The molecule has 0 aromatic heterocycles. The molecule has 2 aromatic carbocycles. The Kier molecular flexibility index (Phi) is 4.94. The second-order valence-electron chi connectivity index (χ2n) is 6.62. The topological polar surface area (TPSA) is 29.5 Å². The fourth-order valence-corrected chi connectivity index (χ4v) is 3.20.